The molecule has 0 saturated heterocycles. The smallest absolute Gasteiger partial charge is 0.317 e. The van der Waals surface area contributed by atoms with Gasteiger partial charge in [-0.15, -0.1) is 0 Å². The van der Waals surface area contributed by atoms with Crippen molar-refractivity contribution in [1.29, 1.82) is 0 Å². The monoisotopic (exact) mass is 578 g/mol. The number of nitrogens with zero attached hydrogens (tertiary/aromatic N) is 2. The number of allylic oxidation sites excluding steroid dienone is 2. The number of aromatic nitrogens is 3. The van der Waals surface area contributed by atoms with Crippen molar-refractivity contribution in [3.8, 4) is 5.75 Å². The highest BCUT2D eigenvalue weighted by molar-refractivity contribution is 7.98. The van der Waals surface area contributed by atoms with E-state index in [0.29, 0.717) is 47.1 Å². The van der Waals surface area contributed by atoms with Gasteiger partial charge >= 0.3 is 5.91 Å². The lowest BCUT2D eigenvalue weighted by atomic mass is 9.71. The SMILES string of the molecule is C=C1NC2=C(C(=O)CCC2)C(c2ccc(OC)c(CSc3nc(C)cc(C(F)F)n3)c2)C1C(=O)Nc1cccc[nH+]1. The standard InChI is InChI=1S/C30H29F2N5O3S/c1-16-13-21(28(31)32)36-30(34-16)41-15-19-14-18(10-11-23(19)40-3)26-25(29(39)37-24-9-4-5-12-33-24)17(2)35-20-7-6-8-22(38)27(20)26/h4-5,9-14,25-26,28,35H,2,6-8,15H2,1,3H3,(H,33,37,39)/p+1. The van der Waals surface area contributed by atoms with Gasteiger partial charge in [0.15, 0.2) is 10.9 Å². The Labute approximate surface area is 240 Å². The average molecular weight is 579 g/mol. The van der Waals surface area contributed by atoms with E-state index in [4.69, 9.17) is 4.74 Å². The van der Waals surface area contributed by atoms with Crippen molar-refractivity contribution in [3.05, 3.63) is 94.7 Å². The maximum Gasteiger partial charge on any atom is 0.317 e. The zero-order chi connectivity index (χ0) is 29.1. The molecule has 8 nitrogen and oxygen atoms in total. The Kier molecular flexibility index (Phi) is 8.44. The van der Waals surface area contributed by atoms with E-state index in [2.05, 4.69) is 32.2 Å². The van der Waals surface area contributed by atoms with Crippen LogP contribution in [0.15, 0.2) is 77.4 Å². The number of methoxy groups -OCH3 is 1. The largest absolute Gasteiger partial charge is 0.496 e. The first kappa shape index (κ1) is 28.4. The third-order valence-corrected chi connectivity index (χ3v) is 8.03. The zero-order valence-electron chi connectivity index (χ0n) is 22.7. The number of hydrogen-bond acceptors (Lipinski definition) is 7. The van der Waals surface area contributed by atoms with Crippen LogP contribution in [0.5, 0.6) is 5.75 Å². The van der Waals surface area contributed by atoms with Crippen molar-refractivity contribution < 1.29 is 28.1 Å². The number of anilines is 1. The quantitative estimate of drug-likeness (QED) is 0.276. The Hall–Kier alpha value is -4.12. The molecule has 2 unspecified atom stereocenters. The number of halogens is 2. The summed E-state index contributed by atoms with van der Waals surface area (Å²) in [5.41, 5.74) is 3.53. The summed E-state index contributed by atoms with van der Waals surface area (Å²) in [6.07, 6.45) is 0.826. The number of rotatable bonds is 8. The van der Waals surface area contributed by atoms with Crippen LogP contribution in [0.25, 0.3) is 0 Å². The predicted octanol–water partition coefficient (Wildman–Crippen LogP) is 5.30. The molecule has 0 spiro atoms. The van der Waals surface area contributed by atoms with E-state index in [9.17, 15) is 18.4 Å². The van der Waals surface area contributed by atoms with Gasteiger partial charge in [0.05, 0.1) is 13.3 Å². The van der Waals surface area contributed by atoms with Gasteiger partial charge in [-0.25, -0.2) is 33.8 Å². The molecule has 2 aliphatic rings. The summed E-state index contributed by atoms with van der Waals surface area (Å²) in [7, 11) is 1.55. The second kappa shape index (κ2) is 12.2. The fourth-order valence-corrected chi connectivity index (χ4v) is 6.22. The number of carbonyl (C=O) groups excluding carboxylic acids is 2. The molecular weight excluding hydrogens is 548 g/mol. The normalized spacial score (nSPS) is 18.7. The van der Waals surface area contributed by atoms with Gasteiger partial charge in [-0.3, -0.25) is 4.79 Å². The molecule has 3 N–H and O–H groups in total. The second-order valence-electron chi connectivity index (χ2n) is 9.92. The van der Waals surface area contributed by atoms with Crippen LogP contribution in [0.1, 0.15) is 54.1 Å². The summed E-state index contributed by atoms with van der Waals surface area (Å²) in [6, 6.07) is 12.2. The Morgan fingerprint density at radius 2 is 2.07 bits per heavy atom. The van der Waals surface area contributed by atoms with Gasteiger partial charge in [-0.1, -0.05) is 36.5 Å². The summed E-state index contributed by atoms with van der Waals surface area (Å²) in [5.74, 6) is -0.228. The van der Waals surface area contributed by atoms with E-state index in [1.165, 1.54) is 17.8 Å². The summed E-state index contributed by atoms with van der Waals surface area (Å²) in [6.45, 7) is 5.83. The average Bonchev–Trinajstić information content (AvgIpc) is 2.95. The first-order valence-corrected chi connectivity index (χ1v) is 14.2. The van der Waals surface area contributed by atoms with Crippen molar-refractivity contribution in [2.75, 3.05) is 12.4 Å². The number of alkyl halides is 2. The predicted molar refractivity (Wildman–Crippen MR) is 150 cm³/mol. The van der Waals surface area contributed by atoms with Gasteiger partial charge in [0.1, 0.15) is 17.4 Å². The number of H-pyrrole nitrogens is 1. The van der Waals surface area contributed by atoms with E-state index in [1.807, 2.05) is 18.2 Å². The lowest BCUT2D eigenvalue weighted by Crippen LogP contribution is -2.43. The molecule has 0 bridgehead atoms. The van der Waals surface area contributed by atoms with Crippen LogP contribution in [0.3, 0.4) is 0 Å². The lowest BCUT2D eigenvalue weighted by molar-refractivity contribution is -0.360. The molecule has 0 saturated carbocycles. The topological polar surface area (TPSA) is 107 Å². The molecule has 1 amide bonds. The molecule has 3 aromatic rings. The van der Waals surface area contributed by atoms with Gasteiger partial charge in [0.25, 0.3) is 12.2 Å². The van der Waals surface area contributed by atoms with Crippen LogP contribution in [0.2, 0.25) is 0 Å². The van der Waals surface area contributed by atoms with Gasteiger partial charge in [0, 0.05) is 52.4 Å². The highest BCUT2D eigenvalue weighted by atomic mass is 32.2. The fraction of sp³-hybridized carbons (Fsp3) is 0.300. The molecule has 1 aliphatic carbocycles. The van der Waals surface area contributed by atoms with Crippen molar-refractivity contribution in [2.24, 2.45) is 5.92 Å². The second-order valence-corrected chi connectivity index (χ2v) is 10.9. The number of aromatic amines is 1. The maximum absolute atomic E-state index is 13.7. The number of benzene rings is 1. The van der Waals surface area contributed by atoms with Crippen LogP contribution >= 0.6 is 11.8 Å². The Morgan fingerprint density at radius 1 is 1.24 bits per heavy atom. The van der Waals surface area contributed by atoms with Gasteiger partial charge in [-0.2, -0.15) is 0 Å². The Bertz CT molecular complexity index is 1530. The minimum Gasteiger partial charge on any atom is -0.496 e. The molecule has 1 aliphatic heterocycles. The zero-order valence-corrected chi connectivity index (χ0v) is 23.5. The van der Waals surface area contributed by atoms with Crippen LogP contribution in [0.4, 0.5) is 14.6 Å². The van der Waals surface area contributed by atoms with Crippen LogP contribution in [-0.2, 0) is 15.3 Å². The van der Waals surface area contributed by atoms with E-state index in [0.717, 1.165) is 23.2 Å². The number of thioether (sulfide) groups is 1. The molecule has 0 fully saturated rings. The van der Waals surface area contributed by atoms with Crippen LogP contribution in [-0.4, -0.2) is 28.8 Å². The molecule has 3 heterocycles. The molecule has 2 atom stereocenters. The van der Waals surface area contributed by atoms with Gasteiger partial charge in [0.2, 0.25) is 0 Å². The van der Waals surface area contributed by atoms with Gasteiger partial charge < -0.3 is 10.1 Å². The molecule has 11 heteroatoms. The number of hydrogen-bond donors (Lipinski definition) is 2. The minimum atomic E-state index is -2.70. The first-order chi connectivity index (χ1) is 19.7. The van der Waals surface area contributed by atoms with Gasteiger partial charge in [-0.05, 0) is 43.5 Å². The van der Waals surface area contributed by atoms with Crippen molar-refractivity contribution in [3.63, 3.8) is 0 Å². The van der Waals surface area contributed by atoms with Crippen molar-refractivity contribution in [1.82, 2.24) is 15.3 Å². The fourth-order valence-electron chi connectivity index (χ4n) is 5.33. The highest BCUT2D eigenvalue weighted by Gasteiger charge is 2.44. The molecule has 41 heavy (non-hydrogen) atoms. The number of carbonyl (C=O) groups is 2. The van der Waals surface area contributed by atoms with Crippen molar-refractivity contribution in [2.45, 2.75) is 49.4 Å². The third kappa shape index (κ3) is 6.14. The molecule has 5 rings (SSSR count). The summed E-state index contributed by atoms with van der Waals surface area (Å²) in [4.78, 5) is 38.3. The molecular formula is C30H30F2N5O3S+. The van der Waals surface area contributed by atoms with Crippen LogP contribution < -0.4 is 20.4 Å². The van der Waals surface area contributed by atoms with E-state index in [1.54, 1.807) is 38.4 Å². The number of ketones is 1. The van der Waals surface area contributed by atoms with E-state index >= 15 is 0 Å². The van der Waals surface area contributed by atoms with E-state index in [-0.39, 0.29) is 22.5 Å². The maximum atomic E-state index is 13.7. The molecule has 0 radical (unpaired) electrons. The molecule has 1 aromatic carbocycles. The number of Topliss-reactive ketones (excluding diaryl/α,β-unsaturated/α-hetero) is 1. The number of nitrogens with one attached hydrogen (secondary N) is 3. The Morgan fingerprint density at radius 3 is 2.80 bits per heavy atom. The minimum absolute atomic E-state index is 0.000226. The number of amides is 1. The summed E-state index contributed by atoms with van der Waals surface area (Å²) >= 11 is 1.21. The Balaban J connectivity index is 1.52. The summed E-state index contributed by atoms with van der Waals surface area (Å²) < 4.78 is 32.2. The summed E-state index contributed by atoms with van der Waals surface area (Å²) in [5, 5.41) is 6.40. The van der Waals surface area contributed by atoms with Crippen molar-refractivity contribution >= 4 is 29.3 Å². The third-order valence-electron chi connectivity index (χ3n) is 7.13. The highest BCUT2D eigenvalue weighted by Crippen LogP contribution is 2.45. The molecule has 212 valence electrons. The van der Waals surface area contributed by atoms with Crippen LogP contribution in [0, 0.1) is 12.8 Å². The number of ether oxygens (including phenoxy) is 1. The van der Waals surface area contributed by atoms with E-state index < -0.39 is 18.3 Å². The first-order valence-electron chi connectivity index (χ1n) is 13.2. The molecule has 2 aromatic heterocycles. The number of pyridine rings is 1. The number of aryl methyl sites for hydroxylation is 1. The lowest BCUT2D eigenvalue weighted by Gasteiger charge is -2.37.